The van der Waals surface area contributed by atoms with Crippen LogP contribution < -0.4 is 0 Å². The van der Waals surface area contributed by atoms with Crippen LogP contribution in [0.1, 0.15) is 38.8 Å². The van der Waals surface area contributed by atoms with Crippen LogP contribution in [0.25, 0.3) is 0 Å². The maximum Gasteiger partial charge on any atom is 0.508 e. The number of non-ortho nitro benzene ring substituents is 2. The van der Waals surface area contributed by atoms with Crippen molar-refractivity contribution in [3.05, 3.63) is 79.9 Å². The molecule has 1 aliphatic heterocycles. The van der Waals surface area contributed by atoms with Crippen molar-refractivity contribution in [1.29, 1.82) is 0 Å². The number of ether oxygens (including phenoxy) is 3. The molecule has 0 aromatic heterocycles. The fourth-order valence-corrected chi connectivity index (χ4v) is 6.70. The lowest BCUT2D eigenvalue weighted by molar-refractivity contribution is -0.385. The summed E-state index contributed by atoms with van der Waals surface area (Å²) in [6.45, 7) is 10.6. The number of thioether (sulfide) groups is 1. The number of nitrogens with zero attached hydrogens (tertiary/aromatic N) is 3. The van der Waals surface area contributed by atoms with Crippen molar-refractivity contribution in [3.8, 4) is 0 Å². The van der Waals surface area contributed by atoms with Crippen molar-refractivity contribution >= 4 is 66.2 Å². The van der Waals surface area contributed by atoms with Crippen LogP contribution in [-0.4, -0.2) is 69.8 Å². The lowest BCUT2D eigenvalue weighted by Crippen LogP contribution is -2.67. The molecular weight excluding hydrogens is 690 g/mol. The number of rotatable bonds is 14. The summed E-state index contributed by atoms with van der Waals surface area (Å²) in [5.41, 5.74) is -1.05. The lowest BCUT2D eigenvalue weighted by Gasteiger charge is -2.49. The van der Waals surface area contributed by atoms with Crippen LogP contribution in [0.15, 0.2) is 48.5 Å². The maximum absolute atomic E-state index is 13.3. The van der Waals surface area contributed by atoms with Crippen LogP contribution in [0.5, 0.6) is 0 Å². The molecule has 3 rings (SSSR count). The molecule has 2 aromatic carbocycles. The van der Waals surface area contributed by atoms with E-state index in [4.69, 9.17) is 30.2 Å². The molecule has 0 radical (unpaired) electrons. The number of nitro benzene ring substituents is 2. The smallest absolute Gasteiger partial charge is 0.458 e. The van der Waals surface area contributed by atoms with Gasteiger partial charge in [0.2, 0.25) is 16.5 Å². The molecule has 4 atom stereocenters. The highest BCUT2D eigenvalue weighted by molar-refractivity contribution is 8.14. The van der Waals surface area contributed by atoms with Gasteiger partial charge in [0.15, 0.2) is 8.32 Å². The third-order valence-corrected chi connectivity index (χ3v) is 14.0. The van der Waals surface area contributed by atoms with Crippen LogP contribution >= 0.6 is 23.4 Å². The SMILES string of the molecule is C[C@@H](OC(=O)OCc1ccc([N+](=O)[O-])cc1)[C@H]1C(=O)N(C(Cl)C(=O)OCc2ccc([N+](=O)[O-])cc2)[C@@H]1SC(=O)CO[Si](C)(C)C(C)(C)C. The molecule has 0 saturated carbocycles. The fraction of sp³-hybridized carbons (Fsp3) is 0.467. The molecule has 0 spiro atoms. The highest BCUT2D eigenvalue weighted by Crippen LogP contribution is 2.42. The summed E-state index contributed by atoms with van der Waals surface area (Å²) in [6, 6.07) is 10.6. The Balaban J connectivity index is 1.69. The Morgan fingerprint density at radius 3 is 1.88 bits per heavy atom. The van der Waals surface area contributed by atoms with Gasteiger partial charge in [-0.3, -0.25) is 29.8 Å². The van der Waals surface area contributed by atoms with E-state index in [1.54, 1.807) is 0 Å². The number of hydrogen-bond acceptors (Lipinski definition) is 13. The van der Waals surface area contributed by atoms with Crippen molar-refractivity contribution in [2.45, 2.75) is 76.0 Å². The number of benzene rings is 2. The lowest BCUT2D eigenvalue weighted by atomic mass is 9.92. The molecule has 2 aromatic rings. The van der Waals surface area contributed by atoms with Crippen LogP contribution in [0.3, 0.4) is 0 Å². The molecule has 260 valence electrons. The van der Waals surface area contributed by atoms with Crippen molar-refractivity contribution in [1.82, 2.24) is 4.90 Å². The Labute approximate surface area is 286 Å². The van der Waals surface area contributed by atoms with Gasteiger partial charge in [-0.15, -0.1) is 0 Å². The standard InChI is InChI=1S/C30H36ClN3O12SSi/c1-18(46-29(38)44-16-20-9-13-22(14-10-20)34(41)42)24-26(36)32(27(24)47-23(35)17-45-48(5,6)30(2,3)4)25(31)28(37)43-15-19-7-11-21(12-8-19)33(39)40/h7-14,18,24-25,27H,15-17H2,1-6H3/t18-,24+,25?,27-/m1/s1. The fourth-order valence-electron chi connectivity index (χ4n) is 4.10. The quantitative estimate of drug-likeness (QED) is 0.0424. The highest BCUT2D eigenvalue weighted by Gasteiger charge is 2.56. The first kappa shape index (κ1) is 38.4. The van der Waals surface area contributed by atoms with Gasteiger partial charge >= 0.3 is 12.1 Å². The second-order valence-corrected chi connectivity index (χ2v) is 18.7. The van der Waals surface area contributed by atoms with Crippen LogP contribution in [-0.2, 0) is 46.2 Å². The number of halogens is 1. The van der Waals surface area contributed by atoms with E-state index in [2.05, 4.69) is 0 Å². The van der Waals surface area contributed by atoms with Gasteiger partial charge in [-0.05, 0) is 60.4 Å². The average molecular weight is 726 g/mol. The number of amides is 1. The molecule has 1 aliphatic rings. The minimum absolute atomic E-state index is 0.136. The Hall–Kier alpha value is -4.06. The van der Waals surface area contributed by atoms with E-state index in [1.807, 2.05) is 33.9 Å². The topological polar surface area (TPSA) is 195 Å². The summed E-state index contributed by atoms with van der Waals surface area (Å²) in [5, 5.41) is 20.1. The van der Waals surface area contributed by atoms with Crippen molar-refractivity contribution in [3.63, 3.8) is 0 Å². The normalized spacial score (nSPS) is 17.5. The predicted octanol–water partition coefficient (Wildman–Crippen LogP) is 5.92. The molecule has 1 amide bonds. The first-order valence-electron chi connectivity index (χ1n) is 14.6. The van der Waals surface area contributed by atoms with Gasteiger partial charge < -0.3 is 23.5 Å². The summed E-state index contributed by atoms with van der Waals surface area (Å²) >= 11 is 7.10. The van der Waals surface area contributed by atoms with Gasteiger partial charge in [-0.25, -0.2) is 9.59 Å². The number of alkyl halides is 1. The zero-order valence-corrected chi connectivity index (χ0v) is 29.6. The van der Waals surface area contributed by atoms with Crippen LogP contribution in [0.4, 0.5) is 16.2 Å². The molecule has 1 saturated heterocycles. The molecular formula is C30H36ClN3O12SSi. The molecule has 1 fully saturated rings. The molecule has 15 nitrogen and oxygen atoms in total. The highest BCUT2D eigenvalue weighted by atomic mass is 35.5. The van der Waals surface area contributed by atoms with Crippen molar-refractivity contribution in [2.24, 2.45) is 5.92 Å². The van der Waals surface area contributed by atoms with Crippen molar-refractivity contribution < 1.29 is 47.7 Å². The Kier molecular flexibility index (Phi) is 12.7. The van der Waals surface area contributed by atoms with Crippen LogP contribution in [0.2, 0.25) is 18.1 Å². The van der Waals surface area contributed by atoms with Gasteiger partial charge in [-0.1, -0.05) is 44.1 Å². The first-order valence-corrected chi connectivity index (χ1v) is 18.8. The summed E-state index contributed by atoms with van der Waals surface area (Å²) < 4.78 is 21.7. The van der Waals surface area contributed by atoms with E-state index in [0.717, 1.165) is 4.90 Å². The third-order valence-electron chi connectivity index (χ3n) is 7.99. The third kappa shape index (κ3) is 9.74. The Morgan fingerprint density at radius 1 is 0.938 bits per heavy atom. The number of hydrogen-bond donors (Lipinski definition) is 0. The predicted molar refractivity (Wildman–Crippen MR) is 176 cm³/mol. The number of β-lactam (4-membered cyclic amide) rings is 1. The second kappa shape index (κ2) is 15.9. The molecule has 18 heteroatoms. The van der Waals surface area contributed by atoms with Crippen LogP contribution in [0, 0.1) is 26.1 Å². The Morgan fingerprint density at radius 2 is 1.42 bits per heavy atom. The van der Waals surface area contributed by atoms with E-state index in [9.17, 15) is 39.4 Å². The minimum Gasteiger partial charge on any atom is -0.458 e. The number of carbonyl (C=O) groups is 4. The molecule has 1 unspecified atom stereocenters. The number of nitro groups is 2. The van der Waals surface area contributed by atoms with Gasteiger partial charge in [0, 0.05) is 24.3 Å². The number of esters is 1. The summed E-state index contributed by atoms with van der Waals surface area (Å²) in [5.74, 6) is -2.79. The van der Waals surface area contributed by atoms with Crippen molar-refractivity contribution in [2.75, 3.05) is 6.61 Å². The van der Waals surface area contributed by atoms with E-state index in [0.29, 0.717) is 22.9 Å². The summed E-state index contributed by atoms with van der Waals surface area (Å²) in [6.07, 6.45) is -2.25. The van der Waals surface area contributed by atoms with E-state index >= 15 is 0 Å². The van der Waals surface area contributed by atoms with Gasteiger partial charge in [-0.2, -0.15) is 0 Å². The van der Waals surface area contributed by atoms with Gasteiger partial charge in [0.25, 0.3) is 11.4 Å². The maximum atomic E-state index is 13.3. The zero-order chi connectivity index (χ0) is 36.0. The number of likely N-dealkylation sites (tertiary alicyclic amines) is 1. The van der Waals surface area contributed by atoms with E-state index < -0.39 is 64.2 Å². The van der Waals surface area contributed by atoms with E-state index in [1.165, 1.54) is 55.5 Å². The molecule has 0 bridgehead atoms. The van der Waals surface area contributed by atoms with E-state index in [-0.39, 0.29) is 36.2 Å². The molecule has 48 heavy (non-hydrogen) atoms. The Bertz CT molecular complexity index is 1540. The molecule has 0 aliphatic carbocycles. The second-order valence-electron chi connectivity index (χ2n) is 12.4. The summed E-state index contributed by atoms with van der Waals surface area (Å²) in [7, 11) is -2.31. The molecule has 1 heterocycles. The average Bonchev–Trinajstić information content (AvgIpc) is 3.01. The zero-order valence-electron chi connectivity index (χ0n) is 27.1. The first-order chi connectivity index (χ1) is 22.3. The molecule has 0 N–H and O–H groups in total. The monoisotopic (exact) mass is 725 g/mol. The number of carbonyl (C=O) groups excluding carboxylic acids is 4. The largest absolute Gasteiger partial charge is 0.508 e. The van der Waals surface area contributed by atoms with Gasteiger partial charge in [0.1, 0.15) is 37.2 Å². The summed E-state index contributed by atoms with van der Waals surface area (Å²) in [4.78, 5) is 73.4. The van der Waals surface area contributed by atoms with Gasteiger partial charge in [0.05, 0.1) is 9.85 Å². The minimum atomic E-state index is -2.31.